The van der Waals surface area contributed by atoms with Crippen LogP contribution in [0, 0.1) is 32.1 Å². The SMILES string of the molecule is Cc1cc(C)c(C#N)c(N(C)Cc2ccccc2C)n1. The highest BCUT2D eigenvalue weighted by Gasteiger charge is 2.13. The highest BCUT2D eigenvalue weighted by atomic mass is 15.2. The molecule has 0 N–H and O–H groups in total. The van der Waals surface area contributed by atoms with E-state index in [4.69, 9.17) is 0 Å². The summed E-state index contributed by atoms with van der Waals surface area (Å²) in [6, 6.07) is 12.5. The van der Waals surface area contributed by atoms with E-state index in [0.29, 0.717) is 5.56 Å². The Bertz CT molecular complexity index is 668. The number of anilines is 1. The number of hydrogen-bond donors (Lipinski definition) is 0. The maximum atomic E-state index is 9.34. The second-order valence-electron chi connectivity index (χ2n) is 5.17. The molecule has 1 heterocycles. The second-order valence-corrected chi connectivity index (χ2v) is 5.17. The summed E-state index contributed by atoms with van der Waals surface area (Å²) >= 11 is 0. The third-order valence-electron chi connectivity index (χ3n) is 3.47. The summed E-state index contributed by atoms with van der Waals surface area (Å²) in [5.74, 6) is 0.758. The Labute approximate surface area is 120 Å². The first-order valence-electron chi connectivity index (χ1n) is 6.67. The van der Waals surface area contributed by atoms with E-state index < -0.39 is 0 Å². The largest absolute Gasteiger partial charge is 0.354 e. The summed E-state index contributed by atoms with van der Waals surface area (Å²) in [5.41, 5.74) is 5.08. The highest BCUT2D eigenvalue weighted by Crippen LogP contribution is 2.22. The predicted octanol–water partition coefficient (Wildman–Crippen LogP) is 3.51. The number of benzene rings is 1. The molecule has 1 aromatic heterocycles. The van der Waals surface area contributed by atoms with Crippen LogP contribution < -0.4 is 4.90 Å². The van der Waals surface area contributed by atoms with Gasteiger partial charge in [0, 0.05) is 19.3 Å². The van der Waals surface area contributed by atoms with Gasteiger partial charge < -0.3 is 4.90 Å². The Hall–Kier alpha value is -2.34. The normalized spacial score (nSPS) is 10.2. The van der Waals surface area contributed by atoms with Crippen LogP contribution >= 0.6 is 0 Å². The van der Waals surface area contributed by atoms with Crippen molar-refractivity contribution in [3.05, 3.63) is 58.3 Å². The lowest BCUT2D eigenvalue weighted by Gasteiger charge is -2.21. The van der Waals surface area contributed by atoms with Crippen molar-refractivity contribution in [3.8, 4) is 6.07 Å². The minimum atomic E-state index is 0.659. The molecule has 0 aliphatic carbocycles. The zero-order valence-electron chi connectivity index (χ0n) is 12.4. The van der Waals surface area contributed by atoms with Gasteiger partial charge in [0.25, 0.3) is 0 Å². The van der Waals surface area contributed by atoms with Crippen LogP contribution in [0.2, 0.25) is 0 Å². The molecule has 1 aromatic carbocycles. The van der Waals surface area contributed by atoms with Gasteiger partial charge in [-0.2, -0.15) is 5.26 Å². The molecule has 0 radical (unpaired) electrons. The Balaban J connectivity index is 2.37. The predicted molar refractivity (Wildman–Crippen MR) is 81.7 cm³/mol. The summed E-state index contributed by atoms with van der Waals surface area (Å²) in [4.78, 5) is 6.58. The summed E-state index contributed by atoms with van der Waals surface area (Å²) in [6.07, 6.45) is 0. The van der Waals surface area contributed by atoms with Crippen molar-refractivity contribution in [2.75, 3.05) is 11.9 Å². The Morgan fingerprint density at radius 1 is 1.15 bits per heavy atom. The van der Waals surface area contributed by atoms with Gasteiger partial charge in [-0.15, -0.1) is 0 Å². The molecule has 0 atom stereocenters. The van der Waals surface area contributed by atoms with Crippen molar-refractivity contribution in [1.82, 2.24) is 4.98 Å². The van der Waals surface area contributed by atoms with Crippen molar-refractivity contribution in [3.63, 3.8) is 0 Å². The fourth-order valence-electron chi connectivity index (χ4n) is 2.35. The first-order valence-corrected chi connectivity index (χ1v) is 6.67. The average molecular weight is 265 g/mol. The fraction of sp³-hybridized carbons (Fsp3) is 0.294. The molecule has 0 aliphatic rings. The zero-order valence-corrected chi connectivity index (χ0v) is 12.4. The van der Waals surface area contributed by atoms with Crippen LogP contribution in [-0.4, -0.2) is 12.0 Å². The van der Waals surface area contributed by atoms with E-state index in [1.54, 1.807) is 0 Å². The monoisotopic (exact) mass is 265 g/mol. The van der Waals surface area contributed by atoms with Gasteiger partial charge >= 0.3 is 0 Å². The fourth-order valence-corrected chi connectivity index (χ4v) is 2.35. The summed E-state index contributed by atoms with van der Waals surface area (Å²) in [7, 11) is 1.98. The summed E-state index contributed by atoms with van der Waals surface area (Å²) in [5, 5.41) is 9.34. The molecule has 3 heteroatoms. The van der Waals surface area contributed by atoms with Crippen LogP contribution in [0.4, 0.5) is 5.82 Å². The third-order valence-corrected chi connectivity index (χ3v) is 3.47. The number of aryl methyl sites for hydroxylation is 3. The molecular weight excluding hydrogens is 246 g/mol. The third kappa shape index (κ3) is 2.80. The van der Waals surface area contributed by atoms with E-state index in [1.807, 2.05) is 44.0 Å². The molecule has 0 aliphatic heterocycles. The minimum Gasteiger partial charge on any atom is -0.354 e. The van der Waals surface area contributed by atoms with Crippen LogP contribution in [-0.2, 0) is 6.54 Å². The Morgan fingerprint density at radius 2 is 1.85 bits per heavy atom. The Kier molecular flexibility index (Phi) is 4.05. The summed E-state index contributed by atoms with van der Waals surface area (Å²) in [6.45, 7) is 6.76. The Morgan fingerprint density at radius 3 is 2.50 bits per heavy atom. The molecule has 0 fully saturated rings. The van der Waals surface area contributed by atoms with Gasteiger partial charge in [-0.05, 0) is 43.5 Å². The lowest BCUT2D eigenvalue weighted by molar-refractivity contribution is 0.880. The van der Waals surface area contributed by atoms with Crippen LogP contribution in [0.15, 0.2) is 30.3 Å². The van der Waals surface area contributed by atoms with E-state index in [1.165, 1.54) is 11.1 Å². The lowest BCUT2D eigenvalue weighted by atomic mass is 10.1. The number of pyridine rings is 1. The van der Waals surface area contributed by atoms with E-state index in [2.05, 4.69) is 30.1 Å². The van der Waals surface area contributed by atoms with Gasteiger partial charge in [-0.3, -0.25) is 0 Å². The van der Waals surface area contributed by atoms with Gasteiger partial charge in [0.2, 0.25) is 0 Å². The number of aromatic nitrogens is 1. The number of rotatable bonds is 3. The van der Waals surface area contributed by atoms with Gasteiger partial charge in [0.15, 0.2) is 0 Å². The lowest BCUT2D eigenvalue weighted by Crippen LogP contribution is -2.20. The molecule has 3 nitrogen and oxygen atoms in total. The molecular formula is C17H19N3. The quantitative estimate of drug-likeness (QED) is 0.852. The van der Waals surface area contributed by atoms with Crippen LogP contribution in [0.25, 0.3) is 0 Å². The first-order chi connectivity index (χ1) is 9.52. The van der Waals surface area contributed by atoms with Gasteiger partial charge in [0.1, 0.15) is 11.9 Å². The molecule has 0 saturated carbocycles. The molecule has 0 unspecified atom stereocenters. The van der Waals surface area contributed by atoms with Crippen molar-refractivity contribution in [1.29, 1.82) is 5.26 Å². The van der Waals surface area contributed by atoms with Crippen LogP contribution in [0.3, 0.4) is 0 Å². The summed E-state index contributed by atoms with van der Waals surface area (Å²) < 4.78 is 0. The molecule has 0 saturated heterocycles. The van der Waals surface area contributed by atoms with Gasteiger partial charge in [-0.1, -0.05) is 24.3 Å². The first kappa shape index (κ1) is 14.1. The maximum absolute atomic E-state index is 9.34. The molecule has 20 heavy (non-hydrogen) atoms. The molecule has 0 bridgehead atoms. The highest BCUT2D eigenvalue weighted by molar-refractivity contribution is 5.58. The van der Waals surface area contributed by atoms with Crippen molar-refractivity contribution in [2.45, 2.75) is 27.3 Å². The van der Waals surface area contributed by atoms with E-state index in [-0.39, 0.29) is 0 Å². The minimum absolute atomic E-state index is 0.659. The van der Waals surface area contributed by atoms with Crippen molar-refractivity contribution < 1.29 is 0 Å². The van der Waals surface area contributed by atoms with Crippen molar-refractivity contribution in [2.24, 2.45) is 0 Å². The molecule has 0 amide bonds. The van der Waals surface area contributed by atoms with E-state index in [9.17, 15) is 5.26 Å². The number of nitrogens with zero attached hydrogens (tertiary/aromatic N) is 3. The molecule has 2 rings (SSSR count). The topological polar surface area (TPSA) is 39.9 Å². The van der Waals surface area contributed by atoms with Crippen LogP contribution in [0.1, 0.15) is 27.9 Å². The van der Waals surface area contributed by atoms with Gasteiger partial charge in [-0.25, -0.2) is 4.98 Å². The average Bonchev–Trinajstić information content (AvgIpc) is 2.40. The van der Waals surface area contributed by atoms with Gasteiger partial charge in [0.05, 0.1) is 5.56 Å². The molecule has 2 aromatic rings. The maximum Gasteiger partial charge on any atom is 0.147 e. The number of hydrogen-bond acceptors (Lipinski definition) is 3. The van der Waals surface area contributed by atoms with E-state index in [0.717, 1.165) is 23.6 Å². The van der Waals surface area contributed by atoms with E-state index >= 15 is 0 Å². The van der Waals surface area contributed by atoms with Crippen LogP contribution in [0.5, 0.6) is 0 Å². The standard InChI is InChI=1S/C17H19N3/c1-12-7-5-6-8-15(12)11-20(4)17-16(10-18)13(2)9-14(3)19-17/h5-9H,11H2,1-4H3. The smallest absolute Gasteiger partial charge is 0.147 e. The second kappa shape index (κ2) is 5.75. The molecule has 0 spiro atoms. The van der Waals surface area contributed by atoms with Crippen molar-refractivity contribution >= 4 is 5.82 Å². The molecule has 102 valence electrons. The number of nitriles is 1. The zero-order chi connectivity index (χ0) is 14.7.